The quantitative estimate of drug-likeness (QED) is 0.502. The number of nitrogens with one attached hydrogen (secondary N) is 2. The van der Waals surface area contributed by atoms with Crippen molar-refractivity contribution in [1.82, 2.24) is 15.5 Å². The Hall–Kier alpha value is -2.18. The zero-order valence-electron chi connectivity index (χ0n) is 11.8. The first kappa shape index (κ1) is 15.2. The molecule has 1 aliphatic carbocycles. The van der Waals surface area contributed by atoms with Gasteiger partial charge in [-0.05, 0) is 12.8 Å². The minimum absolute atomic E-state index is 0.0378. The number of rotatable bonds is 6. The summed E-state index contributed by atoms with van der Waals surface area (Å²) in [5.74, 6) is -1.24. The van der Waals surface area contributed by atoms with Crippen molar-refractivity contribution in [2.24, 2.45) is 5.92 Å². The maximum absolute atomic E-state index is 11.7. The number of nitrogens with zero attached hydrogens (tertiary/aromatic N) is 1. The molecule has 0 spiro atoms. The lowest BCUT2D eigenvalue weighted by Crippen LogP contribution is -2.43. The molecule has 1 saturated carbocycles. The van der Waals surface area contributed by atoms with Crippen LogP contribution in [0.3, 0.4) is 0 Å². The van der Waals surface area contributed by atoms with Crippen LogP contribution in [0.4, 0.5) is 0 Å². The third kappa shape index (κ3) is 4.14. The van der Waals surface area contributed by atoms with Crippen molar-refractivity contribution in [1.29, 1.82) is 0 Å². The van der Waals surface area contributed by atoms with Crippen molar-refractivity contribution in [3.05, 3.63) is 12.2 Å². The summed E-state index contributed by atoms with van der Waals surface area (Å²) in [7, 11) is 0. The fourth-order valence-electron chi connectivity index (χ4n) is 2.51. The molecule has 2 rings (SSSR count). The van der Waals surface area contributed by atoms with E-state index in [4.69, 9.17) is 0 Å². The molecule has 2 N–H and O–H groups in total. The van der Waals surface area contributed by atoms with E-state index in [0.717, 1.165) is 42.7 Å². The summed E-state index contributed by atoms with van der Waals surface area (Å²) in [4.78, 5) is 46.7. The third-order valence-electron chi connectivity index (χ3n) is 3.67. The van der Waals surface area contributed by atoms with Crippen molar-refractivity contribution < 1.29 is 19.2 Å². The van der Waals surface area contributed by atoms with Crippen LogP contribution in [0.2, 0.25) is 0 Å². The second-order valence-corrected chi connectivity index (χ2v) is 5.22. The van der Waals surface area contributed by atoms with Crippen LogP contribution in [0.15, 0.2) is 12.2 Å². The van der Waals surface area contributed by atoms with Gasteiger partial charge in [0.2, 0.25) is 11.8 Å². The molecule has 1 heterocycles. The topological polar surface area (TPSA) is 95.6 Å². The normalized spacial score (nSPS) is 18.4. The highest BCUT2D eigenvalue weighted by Crippen LogP contribution is 2.24. The van der Waals surface area contributed by atoms with Gasteiger partial charge in [-0.25, -0.2) is 0 Å². The summed E-state index contributed by atoms with van der Waals surface area (Å²) < 4.78 is 0. The number of hydrogen-bond donors (Lipinski definition) is 2. The molecule has 1 fully saturated rings. The molecule has 0 aromatic carbocycles. The van der Waals surface area contributed by atoms with Gasteiger partial charge in [0.15, 0.2) is 0 Å². The van der Waals surface area contributed by atoms with E-state index in [0.29, 0.717) is 6.54 Å². The number of imide groups is 1. The monoisotopic (exact) mass is 293 g/mol. The van der Waals surface area contributed by atoms with Gasteiger partial charge in [0.1, 0.15) is 6.54 Å². The summed E-state index contributed by atoms with van der Waals surface area (Å²) in [5.41, 5.74) is 0. The molecule has 7 nitrogen and oxygen atoms in total. The van der Waals surface area contributed by atoms with Gasteiger partial charge in [0, 0.05) is 31.2 Å². The minimum atomic E-state index is -0.482. The van der Waals surface area contributed by atoms with Crippen molar-refractivity contribution >= 4 is 23.6 Å². The first-order valence-corrected chi connectivity index (χ1v) is 7.16. The Bertz CT molecular complexity index is 463. The Labute approximate surface area is 122 Å². The molecule has 0 bridgehead atoms. The van der Waals surface area contributed by atoms with Crippen molar-refractivity contribution in [3.8, 4) is 0 Å². The van der Waals surface area contributed by atoms with E-state index in [1.165, 1.54) is 0 Å². The smallest absolute Gasteiger partial charge is 0.254 e. The molecule has 0 saturated heterocycles. The van der Waals surface area contributed by atoms with Gasteiger partial charge in [-0.3, -0.25) is 24.1 Å². The van der Waals surface area contributed by atoms with Gasteiger partial charge >= 0.3 is 0 Å². The zero-order valence-corrected chi connectivity index (χ0v) is 11.8. The lowest BCUT2D eigenvalue weighted by molar-refractivity contribution is -0.141. The molecule has 4 amide bonds. The van der Waals surface area contributed by atoms with E-state index in [2.05, 4.69) is 10.6 Å². The van der Waals surface area contributed by atoms with Crippen molar-refractivity contribution in [3.63, 3.8) is 0 Å². The largest absolute Gasteiger partial charge is 0.354 e. The van der Waals surface area contributed by atoms with Gasteiger partial charge < -0.3 is 10.6 Å². The van der Waals surface area contributed by atoms with E-state index in [1.807, 2.05) is 0 Å². The first-order valence-electron chi connectivity index (χ1n) is 7.16. The van der Waals surface area contributed by atoms with Crippen LogP contribution in [-0.2, 0) is 19.2 Å². The zero-order chi connectivity index (χ0) is 15.2. The Kier molecular flexibility index (Phi) is 5.08. The first-order chi connectivity index (χ1) is 10.1. The average Bonchev–Trinajstić information content (AvgIpc) is 3.09. The second-order valence-electron chi connectivity index (χ2n) is 5.22. The molecule has 114 valence electrons. The SMILES string of the molecule is O=C(CN1C(=O)C=CC1=O)NCCNC(=O)C1CCCC1. The molecule has 1 aliphatic heterocycles. The van der Waals surface area contributed by atoms with Gasteiger partial charge in [-0.2, -0.15) is 0 Å². The third-order valence-corrected chi connectivity index (χ3v) is 3.67. The van der Waals surface area contributed by atoms with Gasteiger partial charge in [-0.15, -0.1) is 0 Å². The molecule has 0 unspecified atom stereocenters. The van der Waals surface area contributed by atoms with E-state index in [-0.39, 0.29) is 24.9 Å². The summed E-state index contributed by atoms with van der Waals surface area (Å²) in [5, 5.41) is 5.35. The van der Waals surface area contributed by atoms with E-state index < -0.39 is 17.7 Å². The fourth-order valence-corrected chi connectivity index (χ4v) is 2.51. The summed E-state index contributed by atoms with van der Waals surface area (Å²) in [6.45, 7) is 0.337. The molecular weight excluding hydrogens is 274 g/mol. The van der Waals surface area contributed by atoms with Crippen LogP contribution in [0.25, 0.3) is 0 Å². The molecule has 7 heteroatoms. The molecule has 0 aromatic heterocycles. The number of amides is 4. The van der Waals surface area contributed by atoms with Crippen LogP contribution in [0.5, 0.6) is 0 Å². The van der Waals surface area contributed by atoms with Gasteiger partial charge in [0.05, 0.1) is 0 Å². The van der Waals surface area contributed by atoms with Gasteiger partial charge in [0.25, 0.3) is 11.8 Å². The van der Waals surface area contributed by atoms with E-state index >= 15 is 0 Å². The maximum atomic E-state index is 11.7. The average molecular weight is 293 g/mol. The fraction of sp³-hybridized carbons (Fsp3) is 0.571. The summed E-state index contributed by atoms with van der Waals surface area (Å²) in [6, 6.07) is 0. The highest BCUT2D eigenvalue weighted by Gasteiger charge is 2.25. The summed E-state index contributed by atoms with van der Waals surface area (Å²) >= 11 is 0. The predicted molar refractivity (Wildman–Crippen MR) is 73.8 cm³/mol. The lowest BCUT2D eigenvalue weighted by Gasteiger charge is -2.14. The Morgan fingerprint density at radius 1 is 1.05 bits per heavy atom. The van der Waals surface area contributed by atoms with Crippen LogP contribution in [0.1, 0.15) is 25.7 Å². The minimum Gasteiger partial charge on any atom is -0.354 e. The van der Waals surface area contributed by atoms with Crippen molar-refractivity contribution in [2.45, 2.75) is 25.7 Å². The lowest BCUT2D eigenvalue weighted by atomic mass is 10.1. The standard InChI is InChI=1S/C14H19N3O4/c18-11(9-17-12(19)5-6-13(17)20)15-7-8-16-14(21)10-3-1-2-4-10/h5-6,10H,1-4,7-9H2,(H,15,18)(H,16,21). The predicted octanol–water partition coefficient (Wildman–Crippen LogP) is -0.666. The highest BCUT2D eigenvalue weighted by molar-refractivity contribution is 6.14. The Morgan fingerprint density at radius 2 is 1.62 bits per heavy atom. The number of hydrogen-bond acceptors (Lipinski definition) is 4. The second kappa shape index (κ2) is 7.01. The molecule has 0 atom stereocenters. The molecule has 21 heavy (non-hydrogen) atoms. The van der Waals surface area contributed by atoms with Gasteiger partial charge in [-0.1, -0.05) is 12.8 Å². The molecular formula is C14H19N3O4. The molecule has 2 aliphatic rings. The Balaban J connectivity index is 1.60. The van der Waals surface area contributed by atoms with Crippen LogP contribution in [-0.4, -0.2) is 48.2 Å². The van der Waals surface area contributed by atoms with Crippen LogP contribution >= 0.6 is 0 Å². The number of carbonyl (C=O) groups is 4. The van der Waals surface area contributed by atoms with E-state index in [9.17, 15) is 19.2 Å². The molecule has 0 aromatic rings. The highest BCUT2D eigenvalue weighted by atomic mass is 16.2. The van der Waals surface area contributed by atoms with Crippen molar-refractivity contribution in [2.75, 3.05) is 19.6 Å². The Morgan fingerprint density at radius 3 is 2.24 bits per heavy atom. The maximum Gasteiger partial charge on any atom is 0.254 e. The number of carbonyl (C=O) groups excluding carboxylic acids is 4. The van der Waals surface area contributed by atoms with E-state index in [1.54, 1.807) is 0 Å². The summed E-state index contributed by atoms with van der Waals surface area (Å²) in [6.07, 6.45) is 6.34. The van der Waals surface area contributed by atoms with Crippen LogP contribution in [0, 0.1) is 5.92 Å². The van der Waals surface area contributed by atoms with Crippen LogP contribution < -0.4 is 10.6 Å². The molecule has 0 radical (unpaired) electrons.